The van der Waals surface area contributed by atoms with Crippen molar-refractivity contribution in [1.29, 1.82) is 0 Å². The maximum atomic E-state index is 13.0. The lowest BCUT2D eigenvalue weighted by atomic mass is 10.2. The van der Waals surface area contributed by atoms with Crippen molar-refractivity contribution in [3.8, 4) is 0 Å². The van der Waals surface area contributed by atoms with Gasteiger partial charge in [-0.2, -0.15) is 0 Å². The SMILES string of the molecule is CC(C(=O)O)N(c1ccccc1Cl)S(=O)(=O)c1ccc(F)cc1. The monoisotopic (exact) mass is 357 g/mol. The number of rotatable bonds is 5. The lowest BCUT2D eigenvalue weighted by Crippen LogP contribution is -2.43. The van der Waals surface area contributed by atoms with Gasteiger partial charge in [0.1, 0.15) is 11.9 Å². The molecule has 0 saturated carbocycles. The van der Waals surface area contributed by atoms with Gasteiger partial charge in [-0.15, -0.1) is 0 Å². The summed E-state index contributed by atoms with van der Waals surface area (Å²) < 4.78 is 39.4. The van der Waals surface area contributed by atoms with Gasteiger partial charge in [-0.1, -0.05) is 23.7 Å². The first-order valence-corrected chi connectivity index (χ1v) is 8.34. The Morgan fingerprint density at radius 1 is 1.17 bits per heavy atom. The number of carbonyl (C=O) groups is 1. The molecular formula is C15H13ClFNO4S. The minimum Gasteiger partial charge on any atom is -0.480 e. The van der Waals surface area contributed by atoms with Crippen LogP contribution in [0.25, 0.3) is 0 Å². The molecule has 0 aliphatic heterocycles. The standard InChI is InChI=1S/C15H13ClFNO4S/c1-10(15(19)20)18(14-5-3-2-4-13(14)16)23(21,22)12-8-6-11(17)7-9-12/h2-10H,1H3,(H,19,20). The van der Waals surface area contributed by atoms with Gasteiger partial charge < -0.3 is 5.11 Å². The van der Waals surface area contributed by atoms with Gasteiger partial charge in [0, 0.05) is 0 Å². The van der Waals surface area contributed by atoms with Crippen LogP contribution in [0.4, 0.5) is 10.1 Å². The maximum Gasteiger partial charge on any atom is 0.327 e. The molecule has 0 aliphatic rings. The molecule has 0 aromatic heterocycles. The van der Waals surface area contributed by atoms with E-state index in [1.807, 2.05) is 0 Å². The molecule has 2 aromatic carbocycles. The zero-order valence-electron chi connectivity index (χ0n) is 12.0. The Morgan fingerprint density at radius 2 is 1.74 bits per heavy atom. The normalized spacial score (nSPS) is 12.7. The molecule has 5 nitrogen and oxygen atoms in total. The van der Waals surface area contributed by atoms with Gasteiger partial charge in [0.2, 0.25) is 0 Å². The van der Waals surface area contributed by atoms with Crippen molar-refractivity contribution in [3.05, 3.63) is 59.4 Å². The first kappa shape index (κ1) is 17.2. The van der Waals surface area contributed by atoms with Crippen molar-refractivity contribution in [2.75, 3.05) is 4.31 Å². The number of hydrogen-bond donors (Lipinski definition) is 1. The summed E-state index contributed by atoms with van der Waals surface area (Å²) >= 11 is 6.03. The third-order valence-corrected chi connectivity index (χ3v) is 5.39. The average Bonchev–Trinajstić information content (AvgIpc) is 2.49. The number of benzene rings is 2. The fraction of sp³-hybridized carbons (Fsp3) is 0.133. The minimum absolute atomic E-state index is 0.0355. The molecule has 2 rings (SSSR count). The summed E-state index contributed by atoms with van der Waals surface area (Å²) in [5.41, 5.74) is 0.0355. The zero-order chi connectivity index (χ0) is 17.2. The number of nitrogens with zero attached hydrogens (tertiary/aromatic N) is 1. The Hall–Kier alpha value is -2.12. The van der Waals surface area contributed by atoms with Gasteiger partial charge in [-0.3, -0.25) is 4.31 Å². The number of hydrogen-bond acceptors (Lipinski definition) is 3. The van der Waals surface area contributed by atoms with Gasteiger partial charge >= 0.3 is 5.97 Å². The molecule has 2 aromatic rings. The van der Waals surface area contributed by atoms with Crippen LogP contribution in [0.1, 0.15) is 6.92 Å². The first-order valence-electron chi connectivity index (χ1n) is 6.52. The van der Waals surface area contributed by atoms with Crippen LogP contribution < -0.4 is 4.31 Å². The highest BCUT2D eigenvalue weighted by Crippen LogP contribution is 2.32. The van der Waals surface area contributed by atoms with Gasteiger partial charge in [-0.05, 0) is 43.3 Å². The number of halogens is 2. The molecule has 1 N–H and O–H groups in total. The maximum absolute atomic E-state index is 13.0. The zero-order valence-corrected chi connectivity index (χ0v) is 13.6. The smallest absolute Gasteiger partial charge is 0.327 e. The highest BCUT2D eigenvalue weighted by atomic mass is 35.5. The molecule has 8 heteroatoms. The minimum atomic E-state index is -4.24. The number of sulfonamides is 1. The van der Waals surface area contributed by atoms with E-state index < -0.39 is 27.9 Å². The molecular weight excluding hydrogens is 345 g/mol. The van der Waals surface area contributed by atoms with E-state index in [1.54, 1.807) is 12.1 Å². The summed E-state index contributed by atoms with van der Waals surface area (Å²) in [6, 6.07) is 8.73. The Labute approximate surface area is 138 Å². The van der Waals surface area contributed by atoms with Crippen LogP contribution in [-0.4, -0.2) is 25.5 Å². The van der Waals surface area contributed by atoms with Gasteiger partial charge in [0.05, 0.1) is 15.6 Å². The Kier molecular flexibility index (Phi) is 4.91. The van der Waals surface area contributed by atoms with E-state index in [1.165, 1.54) is 19.1 Å². The summed E-state index contributed by atoms with van der Waals surface area (Å²) in [4.78, 5) is 11.1. The van der Waals surface area contributed by atoms with Crippen molar-refractivity contribution < 1.29 is 22.7 Å². The Morgan fingerprint density at radius 3 is 2.26 bits per heavy atom. The van der Waals surface area contributed by atoms with E-state index in [-0.39, 0.29) is 15.6 Å². The molecule has 0 heterocycles. The number of aliphatic carboxylic acids is 1. The summed E-state index contributed by atoms with van der Waals surface area (Å²) in [5.74, 6) is -1.94. The van der Waals surface area contributed by atoms with Crippen LogP contribution in [0.3, 0.4) is 0 Å². The Bertz CT molecular complexity index is 824. The highest BCUT2D eigenvalue weighted by Gasteiger charge is 2.34. The van der Waals surface area contributed by atoms with Crippen LogP contribution in [-0.2, 0) is 14.8 Å². The summed E-state index contributed by atoms with van der Waals surface area (Å²) in [7, 11) is -4.24. The van der Waals surface area contributed by atoms with E-state index in [4.69, 9.17) is 11.6 Å². The van der Waals surface area contributed by atoms with Crippen LogP contribution in [0.5, 0.6) is 0 Å². The van der Waals surface area contributed by atoms with E-state index >= 15 is 0 Å². The first-order chi connectivity index (χ1) is 10.7. The van der Waals surface area contributed by atoms with Crippen molar-refractivity contribution in [1.82, 2.24) is 0 Å². The topological polar surface area (TPSA) is 74.7 Å². The predicted octanol–water partition coefficient (Wildman–Crippen LogP) is 3.15. The second kappa shape index (κ2) is 6.55. The van der Waals surface area contributed by atoms with E-state index in [0.717, 1.165) is 24.3 Å². The molecule has 0 spiro atoms. The van der Waals surface area contributed by atoms with Gasteiger partial charge in [-0.25, -0.2) is 17.6 Å². The van der Waals surface area contributed by atoms with Crippen LogP contribution in [0, 0.1) is 5.82 Å². The molecule has 1 atom stereocenters. The molecule has 0 radical (unpaired) electrons. The number of carboxylic acids is 1. The number of anilines is 1. The van der Waals surface area contributed by atoms with Crippen LogP contribution >= 0.6 is 11.6 Å². The van der Waals surface area contributed by atoms with Gasteiger partial charge in [0.15, 0.2) is 0 Å². The van der Waals surface area contributed by atoms with E-state index in [9.17, 15) is 22.7 Å². The molecule has 0 bridgehead atoms. The van der Waals surface area contributed by atoms with E-state index in [2.05, 4.69) is 0 Å². The third-order valence-electron chi connectivity index (χ3n) is 3.17. The molecule has 0 fully saturated rings. The van der Waals surface area contributed by atoms with Crippen molar-refractivity contribution >= 4 is 33.3 Å². The van der Waals surface area contributed by atoms with Gasteiger partial charge in [0.25, 0.3) is 10.0 Å². The lowest BCUT2D eigenvalue weighted by Gasteiger charge is -2.28. The van der Waals surface area contributed by atoms with E-state index in [0.29, 0.717) is 4.31 Å². The van der Waals surface area contributed by atoms with Crippen molar-refractivity contribution in [3.63, 3.8) is 0 Å². The van der Waals surface area contributed by atoms with Crippen molar-refractivity contribution in [2.24, 2.45) is 0 Å². The van der Waals surface area contributed by atoms with Crippen LogP contribution in [0.15, 0.2) is 53.4 Å². The second-order valence-electron chi connectivity index (χ2n) is 4.72. The number of para-hydroxylation sites is 1. The fourth-order valence-electron chi connectivity index (χ4n) is 2.00. The molecule has 0 aliphatic carbocycles. The predicted molar refractivity (Wildman–Crippen MR) is 84.6 cm³/mol. The lowest BCUT2D eigenvalue weighted by molar-refractivity contribution is -0.137. The molecule has 0 saturated heterocycles. The molecule has 23 heavy (non-hydrogen) atoms. The highest BCUT2D eigenvalue weighted by molar-refractivity contribution is 7.93. The molecule has 1 unspecified atom stereocenters. The third kappa shape index (κ3) is 3.46. The Balaban J connectivity index is 2.64. The number of carboxylic acid groups (broad SMARTS) is 1. The molecule has 122 valence electrons. The largest absolute Gasteiger partial charge is 0.480 e. The average molecular weight is 358 g/mol. The quantitative estimate of drug-likeness (QED) is 0.892. The van der Waals surface area contributed by atoms with Crippen LogP contribution in [0.2, 0.25) is 5.02 Å². The summed E-state index contributed by atoms with van der Waals surface area (Å²) in [5, 5.41) is 9.34. The molecule has 0 amide bonds. The van der Waals surface area contributed by atoms with Crippen molar-refractivity contribution in [2.45, 2.75) is 17.9 Å². The summed E-state index contributed by atoms with van der Waals surface area (Å²) in [6.07, 6.45) is 0. The second-order valence-corrected chi connectivity index (χ2v) is 6.94. The fourth-order valence-corrected chi connectivity index (χ4v) is 3.91. The summed E-state index contributed by atoms with van der Waals surface area (Å²) in [6.45, 7) is 1.23.